The van der Waals surface area contributed by atoms with Crippen LogP contribution >= 0.6 is 0 Å². The van der Waals surface area contributed by atoms with Gasteiger partial charge in [0, 0.05) is 42.5 Å². The molecule has 33 heavy (non-hydrogen) atoms. The van der Waals surface area contributed by atoms with Crippen molar-refractivity contribution in [3.63, 3.8) is 0 Å². The number of hydrogen-bond donors (Lipinski definition) is 4. The lowest BCUT2D eigenvalue weighted by Crippen LogP contribution is -2.09. The minimum Gasteiger partial charge on any atom is -0.505 e. The third-order valence-electron chi connectivity index (χ3n) is 4.11. The van der Waals surface area contributed by atoms with Gasteiger partial charge in [0.2, 0.25) is 0 Å². The maximum Gasteiger partial charge on any atom is 0.448 e. The summed E-state index contributed by atoms with van der Waals surface area (Å²) >= 11 is 0. The van der Waals surface area contributed by atoms with Gasteiger partial charge in [-0.05, 0) is 13.0 Å². The molecule has 3 rings (SSSR count). The lowest BCUT2D eigenvalue weighted by molar-refractivity contribution is -0.119. The van der Waals surface area contributed by atoms with Crippen molar-refractivity contribution in [2.24, 2.45) is 5.73 Å². The van der Waals surface area contributed by atoms with Crippen LogP contribution in [0.1, 0.15) is 22.8 Å². The molecule has 178 valence electrons. The summed E-state index contributed by atoms with van der Waals surface area (Å²) in [6.07, 6.45) is -0.517. The number of halogens is 3. The van der Waals surface area contributed by atoms with Crippen LogP contribution in [0.25, 0.3) is 22.5 Å². The van der Waals surface area contributed by atoms with Crippen molar-refractivity contribution in [3.05, 3.63) is 66.3 Å². The number of benzene rings is 1. The second kappa shape index (κ2) is 13.0. The van der Waals surface area contributed by atoms with Crippen LogP contribution in [0, 0.1) is 0 Å². The zero-order valence-electron chi connectivity index (χ0n) is 18.2. The quantitative estimate of drug-likeness (QED) is 0.326. The summed E-state index contributed by atoms with van der Waals surface area (Å²) < 4.78 is 37.0. The van der Waals surface area contributed by atoms with Crippen LogP contribution in [0.3, 0.4) is 0 Å². The number of pyridine rings is 1. The molecule has 6 N–H and O–H groups in total. The van der Waals surface area contributed by atoms with Crippen molar-refractivity contribution in [3.8, 4) is 22.5 Å². The van der Waals surface area contributed by atoms with E-state index in [0.29, 0.717) is 11.4 Å². The molecule has 0 aliphatic carbocycles. The van der Waals surface area contributed by atoms with Gasteiger partial charge in [-0.1, -0.05) is 30.8 Å². The molecule has 0 atom stereocenters. The number of anilines is 1. The Morgan fingerprint density at radius 2 is 1.88 bits per heavy atom. The Balaban J connectivity index is 0.000000415. The number of alkyl halides is 3. The van der Waals surface area contributed by atoms with Crippen molar-refractivity contribution in [1.29, 1.82) is 0 Å². The van der Waals surface area contributed by atoms with Gasteiger partial charge in [0.1, 0.15) is 12.1 Å². The molecule has 0 amide bonds. The number of rotatable bonds is 5. The molecule has 1 aromatic carbocycles. The van der Waals surface area contributed by atoms with E-state index in [1.54, 1.807) is 31.8 Å². The van der Waals surface area contributed by atoms with Crippen LogP contribution in [-0.4, -0.2) is 46.2 Å². The standard InChI is InChI=1S/C16H15N5O.C3H3F3O.C3H8O/c17-6-13-12(15-7-19-9-20-15)5-14(21-16(13)18)11-3-1-10(8-22)2-4-11;1-2(7)3(4,5)6;1-3-4-2/h1-5,7-9H,6,17H2,(H2,18,21)(H,19,20);7H,1H2;3H2,1-2H3. The number of ether oxygens (including phenoxy) is 1. The zero-order valence-corrected chi connectivity index (χ0v) is 18.2. The van der Waals surface area contributed by atoms with Crippen LogP contribution in [0.15, 0.2) is 55.2 Å². The molecule has 8 nitrogen and oxygen atoms in total. The lowest BCUT2D eigenvalue weighted by Gasteiger charge is -2.12. The fourth-order valence-electron chi connectivity index (χ4n) is 2.33. The minimum absolute atomic E-state index is 0.289. The Kier molecular flexibility index (Phi) is 10.8. The number of aliphatic hydroxyl groups excluding tert-OH is 1. The van der Waals surface area contributed by atoms with E-state index in [-0.39, 0.29) is 6.54 Å². The van der Waals surface area contributed by atoms with E-state index < -0.39 is 11.9 Å². The minimum atomic E-state index is -4.64. The van der Waals surface area contributed by atoms with Crippen LogP contribution in [-0.2, 0) is 11.3 Å². The number of carbonyl (C=O) groups is 1. The van der Waals surface area contributed by atoms with Crippen LogP contribution in [0.2, 0.25) is 0 Å². The van der Waals surface area contributed by atoms with Crippen LogP contribution < -0.4 is 11.5 Å². The summed E-state index contributed by atoms with van der Waals surface area (Å²) in [7, 11) is 1.68. The van der Waals surface area contributed by atoms with Gasteiger partial charge in [0.25, 0.3) is 0 Å². The van der Waals surface area contributed by atoms with E-state index in [1.165, 1.54) is 0 Å². The van der Waals surface area contributed by atoms with Gasteiger partial charge >= 0.3 is 6.18 Å². The third kappa shape index (κ3) is 8.39. The largest absolute Gasteiger partial charge is 0.505 e. The predicted octanol–water partition coefficient (Wildman–Crippen LogP) is 4.27. The highest BCUT2D eigenvalue weighted by Crippen LogP contribution is 2.30. The number of imidazole rings is 1. The number of H-pyrrole nitrogens is 1. The molecule has 0 bridgehead atoms. The average molecular weight is 465 g/mol. The molecule has 11 heteroatoms. The number of aromatic amines is 1. The molecule has 0 radical (unpaired) electrons. The number of carbonyl (C=O) groups excluding carboxylic acids is 1. The lowest BCUT2D eigenvalue weighted by atomic mass is 10.0. The van der Waals surface area contributed by atoms with E-state index >= 15 is 0 Å². The van der Waals surface area contributed by atoms with Crippen molar-refractivity contribution in [1.82, 2.24) is 15.0 Å². The number of nitrogens with one attached hydrogen (secondary N) is 1. The first-order valence-electron chi connectivity index (χ1n) is 9.56. The molecule has 0 aliphatic rings. The maximum atomic E-state index is 10.8. The number of methoxy groups -OCH3 is 1. The monoisotopic (exact) mass is 465 g/mol. The SMILES string of the molecule is C=C(O)C(F)(F)F.CCOC.NCc1c(-c2cnc[nH]2)cc(-c2ccc(C=O)cc2)nc1N. The molecule has 0 unspecified atom stereocenters. The molecule has 0 spiro atoms. The van der Waals surface area contributed by atoms with Crippen LogP contribution in [0.5, 0.6) is 0 Å². The number of allylic oxidation sites excluding steroid dienone is 1. The summed E-state index contributed by atoms with van der Waals surface area (Å²) in [5.41, 5.74) is 16.5. The second-order valence-corrected chi connectivity index (χ2v) is 6.35. The van der Waals surface area contributed by atoms with Crippen LogP contribution in [0.4, 0.5) is 19.0 Å². The Bertz CT molecular complexity index is 1020. The molecular weight excluding hydrogens is 439 g/mol. The average Bonchev–Trinajstić information content (AvgIpc) is 3.33. The molecular formula is C22H26F3N5O3. The van der Waals surface area contributed by atoms with E-state index in [4.69, 9.17) is 16.6 Å². The first kappa shape index (κ1) is 27.3. The third-order valence-corrected chi connectivity index (χ3v) is 4.11. The van der Waals surface area contributed by atoms with Gasteiger partial charge in [-0.3, -0.25) is 4.79 Å². The molecule has 3 aromatic rings. The van der Waals surface area contributed by atoms with Gasteiger partial charge in [-0.2, -0.15) is 13.2 Å². The number of aldehydes is 1. The first-order chi connectivity index (χ1) is 15.6. The molecule has 2 heterocycles. The molecule has 0 saturated heterocycles. The topological polar surface area (TPSA) is 140 Å². The summed E-state index contributed by atoms with van der Waals surface area (Å²) in [4.78, 5) is 22.2. The fourth-order valence-corrected chi connectivity index (χ4v) is 2.33. The summed E-state index contributed by atoms with van der Waals surface area (Å²) in [6.45, 7) is 5.32. The summed E-state index contributed by atoms with van der Waals surface area (Å²) in [5.74, 6) is -1.36. The van der Waals surface area contributed by atoms with Gasteiger partial charge in [0.05, 0.1) is 23.9 Å². The van der Waals surface area contributed by atoms with Gasteiger partial charge in [-0.15, -0.1) is 0 Å². The van der Waals surface area contributed by atoms with E-state index in [1.807, 2.05) is 25.1 Å². The number of nitrogens with zero attached hydrogens (tertiary/aromatic N) is 2. The summed E-state index contributed by atoms with van der Waals surface area (Å²) in [5, 5.41) is 7.57. The fraction of sp³-hybridized carbons (Fsp3) is 0.227. The van der Waals surface area contributed by atoms with E-state index in [2.05, 4.69) is 26.3 Å². The van der Waals surface area contributed by atoms with Crippen molar-refractivity contribution < 1.29 is 27.8 Å². The molecule has 2 aromatic heterocycles. The molecule has 0 saturated carbocycles. The summed E-state index contributed by atoms with van der Waals surface area (Å²) in [6, 6.07) is 9.08. The Morgan fingerprint density at radius 3 is 2.27 bits per heavy atom. The smallest absolute Gasteiger partial charge is 0.448 e. The van der Waals surface area contributed by atoms with E-state index in [0.717, 1.165) is 41.0 Å². The van der Waals surface area contributed by atoms with Crippen molar-refractivity contribution in [2.75, 3.05) is 19.5 Å². The zero-order chi connectivity index (χ0) is 25.0. The first-order valence-corrected chi connectivity index (χ1v) is 9.56. The number of nitrogens with two attached hydrogens (primary N) is 2. The number of nitrogen functional groups attached to an aromatic ring is 1. The Labute approximate surface area is 189 Å². The maximum absolute atomic E-state index is 10.8. The highest BCUT2D eigenvalue weighted by molar-refractivity contribution is 5.78. The van der Waals surface area contributed by atoms with Crippen molar-refractivity contribution >= 4 is 12.1 Å². The van der Waals surface area contributed by atoms with Gasteiger partial charge < -0.3 is 26.3 Å². The Morgan fingerprint density at radius 1 is 1.30 bits per heavy atom. The number of hydrogen-bond acceptors (Lipinski definition) is 7. The van der Waals surface area contributed by atoms with E-state index in [9.17, 15) is 18.0 Å². The number of aromatic nitrogens is 3. The normalized spacial score (nSPS) is 10.4. The number of aliphatic hydroxyl groups is 1. The van der Waals surface area contributed by atoms with Gasteiger partial charge in [-0.25, -0.2) is 9.97 Å². The van der Waals surface area contributed by atoms with Crippen molar-refractivity contribution in [2.45, 2.75) is 19.6 Å². The van der Waals surface area contributed by atoms with Gasteiger partial charge in [0.15, 0.2) is 5.76 Å². The molecule has 0 fully saturated rings. The molecule has 0 aliphatic heterocycles. The Hall–Kier alpha value is -3.70. The predicted molar refractivity (Wildman–Crippen MR) is 120 cm³/mol. The second-order valence-electron chi connectivity index (χ2n) is 6.35. The highest BCUT2D eigenvalue weighted by atomic mass is 19.4. The highest BCUT2D eigenvalue weighted by Gasteiger charge is 2.31.